The molecule has 0 aromatic carbocycles. The van der Waals surface area contributed by atoms with Crippen LogP contribution in [0.3, 0.4) is 0 Å². The number of carbonyl (C=O) groups excluding carboxylic acids is 1. The first-order chi connectivity index (χ1) is 9.07. The van der Waals surface area contributed by atoms with E-state index in [0.717, 1.165) is 38.9 Å². The molecule has 19 heavy (non-hydrogen) atoms. The minimum absolute atomic E-state index is 0.00468. The van der Waals surface area contributed by atoms with E-state index >= 15 is 0 Å². The molecule has 3 fully saturated rings. The zero-order valence-electron chi connectivity index (χ0n) is 11.9. The SMILES string of the molecule is CC(C)N1CCCC2(CCN2C(=O)[C@@H]2C[C@H]2C#N)C1. The van der Waals surface area contributed by atoms with Gasteiger partial charge < -0.3 is 4.90 Å². The topological polar surface area (TPSA) is 47.3 Å². The third-order valence-corrected chi connectivity index (χ3v) is 5.23. The maximum absolute atomic E-state index is 12.5. The number of nitriles is 1. The fourth-order valence-corrected chi connectivity index (χ4v) is 3.71. The maximum Gasteiger partial charge on any atom is 0.227 e. The average molecular weight is 261 g/mol. The van der Waals surface area contributed by atoms with Gasteiger partial charge in [0.2, 0.25) is 5.91 Å². The summed E-state index contributed by atoms with van der Waals surface area (Å²) in [4.78, 5) is 17.1. The summed E-state index contributed by atoms with van der Waals surface area (Å²) < 4.78 is 0. The first-order valence-corrected chi connectivity index (χ1v) is 7.52. The van der Waals surface area contributed by atoms with Crippen molar-refractivity contribution in [2.45, 2.75) is 51.1 Å². The molecule has 0 N–H and O–H groups in total. The lowest BCUT2D eigenvalue weighted by Gasteiger charge is -2.58. The van der Waals surface area contributed by atoms with Crippen molar-refractivity contribution in [3.8, 4) is 6.07 Å². The third-order valence-electron chi connectivity index (χ3n) is 5.23. The molecule has 1 saturated carbocycles. The highest BCUT2D eigenvalue weighted by Crippen LogP contribution is 2.46. The van der Waals surface area contributed by atoms with E-state index in [4.69, 9.17) is 5.26 Å². The standard InChI is InChI=1S/C15H23N3O/c1-11(2)17-6-3-4-15(10-17)5-7-18(15)14(19)13-8-12(13)9-16/h11-13H,3-8,10H2,1-2H3/t12-,13+,15?/m0/s1. The first-order valence-electron chi connectivity index (χ1n) is 7.52. The van der Waals surface area contributed by atoms with Crippen molar-refractivity contribution < 1.29 is 4.79 Å². The van der Waals surface area contributed by atoms with Gasteiger partial charge in [0.15, 0.2) is 0 Å². The Kier molecular flexibility index (Phi) is 3.05. The average Bonchev–Trinajstić information content (AvgIpc) is 3.17. The van der Waals surface area contributed by atoms with Crippen LogP contribution in [-0.4, -0.2) is 46.9 Å². The molecule has 1 amide bonds. The lowest BCUT2D eigenvalue weighted by molar-refractivity contribution is -0.155. The van der Waals surface area contributed by atoms with Gasteiger partial charge in [0, 0.05) is 19.1 Å². The maximum atomic E-state index is 12.5. The third kappa shape index (κ3) is 2.04. The number of rotatable bonds is 2. The van der Waals surface area contributed by atoms with Gasteiger partial charge in [-0.25, -0.2) is 0 Å². The Labute approximate surface area is 115 Å². The van der Waals surface area contributed by atoms with Crippen molar-refractivity contribution >= 4 is 5.91 Å². The molecule has 4 nitrogen and oxygen atoms in total. The van der Waals surface area contributed by atoms with Crippen molar-refractivity contribution in [2.24, 2.45) is 11.8 Å². The number of hydrogen-bond acceptors (Lipinski definition) is 3. The van der Waals surface area contributed by atoms with Gasteiger partial charge in [-0.15, -0.1) is 0 Å². The Balaban J connectivity index is 1.68. The number of amides is 1. The summed E-state index contributed by atoms with van der Waals surface area (Å²) in [6.07, 6.45) is 4.27. The number of carbonyl (C=O) groups is 1. The molecule has 3 atom stereocenters. The first kappa shape index (κ1) is 12.9. The summed E-state index contributed by atoms with van der Waals surface area (Å²) >= 11 is 0. The molecule has 0 aromatic heterocycles. The van der Waals surface area contributed by atoms with Crippen LogP contribution in [0.15, 0.2) is 0 Å². The molecule has 0 radical (unpaired) electrons. The fraction of sp³-hybridized carbons (Fsp3) is 0.867. The number of piperidine rings is 1. The van der Waals surface area contributed by atoms with Crippen molar-refractivity contribution in [1.82, 2.24) is 9.80 Å². The van der Waals surface area contributed by atoms with Crippen LogP contribution in [0.2, 0.25) is 0 Å². The smallest absolute Gasteiger partial charge is 0.227 e. The number of nitrogens with zero attached hydrogens (tertiary/aromatic N) is 3. The Bertz CT molecular complexity index is 428. The normalized spacial score (nSPS) is 38.1. The minimum atomic E-state index is -0.00468. The summed E-state index contributed by atoms with van der Waals surface area (Å²) in [6, 6.07) is 2.79. The zero-order chi connectivity index (χ0) is 13.6. The Hall–Kier alpha value is -1.08. The van der Waals surface area contributed by atoms with E-state index < -0.39 is 0 Å². The van der Waals surface area contributed by atoms with Crippen LogP contribution in [0.5, 0.6) is 0 Å². The summed E-state index contributed by atoms with van der Waals surface area (Å²) in [5.74, 6) is 0.259. The second-order valence-electron chi connectivity index (χ2n) is 6.71. The van der Waals surface area contributed by atoms with Crippen molar-refractivity contribution in [1.29, 1.82) is 5.26 Å². The van der Waals surface area contributed by atoms with E-state index in [0.29, 0.717) is 6.04 Å². The number of likely N-dealkylation sites (tertiary alicyclic amines) is 2. The van der Waals surface area contributed by atoms with Crippen LogP contribution in [0.4, 0.5) is 0 Å². The van der Waals surface area contributed by atoms with Gasteiger partial charge in [-0.3, -0.25) is 9.69 Å². The molecule has 104 valence electrons. The van der Waals surface area contributed by atoms with E-state index in [9.17, 15) is 4.79 Å². The van der Waals surface area contributed by atoms with Gasteiger partial charge in [0.1, 0.15) is 0 Å². The molecule has 2 heterocycles. The molecule has 3 aliphatic rings. The van der Waals surface area contributed by atoms with Crippen molar-refractivity contribution in [2.75, 3.05) is 19.6 Å². The monoisotopic (exact) mass is 261 g/mol. The van der Waals surface area contributed by atoms with Crippen LogP contribution in [0.25, 0.3) is 0 Å². The van der Waals surface area contributed by atoms with Crippen LogP contribution in [0, 0.1) is 23.2 Å². The molecule has 3 rings (SSSR count). The van der Waals surface area contributed by atoms with E-state index in [2.05, 4.69) is 29.7 Å². The fourth-order valence-electron chi connectivity index (χ4n) is 3.71. The zero-order valence-corrected chi connectivity index (χ0v) is 11.9. The molecule has 0 bridgehead atoms. The summed E-state index contributed by atoms with van der Waals surface area (Å²) in [5, 5.41) is 8.89. The summed E-state index contributed by atoms with van der Waals surface area (Å²) in [5.41, 5.74) is 0.0994. The van der Waals surface area contributed by atoms with Gasteiger partial charge >= 0.3 is 0 Å². The summed E-state index contributed by atoms with van der Waals surface area (Å²) in [7, 11) is 0. The van der Waals surface area contributed by atoms with E-state index in [1.807, 2.05) is 0 Å². The lowest BCUT2D eigenvalue weighted by Crippen LogP contribution is -2.69. The van der Waals surface area contributed by atoms with Crippen molar-refractivity contribution in [3.05, 3.63) is 0 Å². The second kappa shape index (κ2) is 4.49. The highest BCUT2D eigenvalue weighted by atomic mass is 16.2. The molecule has 2 saturated heterocycles. The van der Waals surface area contributed by atoms with Crippen LogP contribution in [0.1, 0.15) is 39.5 Å². The molecule has 1 aliphatic carbocycles. The molecule has 4 heteroatoms. The van der Waals surface area contributed by atoms with Gasteiger partial charge in [-0.05, 0) is 46.1 Å². The highest BCUT2D eigenvalue weighted by Gasteiger charge is 2.55. The molecular formula is C15H23N3O. The molecular weight excluding hydrogens is 238 g/mol. The Morgan fingerprint density at radius 3 is 2.68 bits per heavy atom. The quantitative estimate of drug-likeness (QED) is 0.759. The van der Waals surface area contributed by atoms with Crippen molar-refractivity contribution in [3.63, 3.8) is 0 Å². The minimum Gasteiger partial charge on any atom is -0.335 e. The number of hydrogen-bond donors (Lipinski definition) is 0. The second-order valence-corrected chi connectivity index (χ2v) is 6.71. The molecule has 0 aromatic rings. The molecule has 2 aliphatic heterocycles. The van der Waals surface area contributed by atoms with E-state index in [1.54, 1.807) is 0 Å². The van der Waals surface area contributed by atoms with Gasteiger partial charge in [-0.1, -0.05) is 0 Å². The van der Waals surface area contributed by atoms with Gasteiger partial charge in [0.05, 0.1) is 23.4 Å². The predicted molar refractivity (Wildman–Crippen MR) is 72.2 cm³/mol. The van der Waals surface area contributed by atoms with Crippen LogP contribution >= 0.6 is 0 Å². The Morgan fingerprint density at radius 2 is 2.16 bits per heavy atom. The van der Waals surface area contributed by atoms with E-state index in [1.165, 1.54) is 6.42 Å². The van der Waals surface area contributed by atoms with Crippen LogP contribution < -0.4 is 0 Å². The Morgan fingerprint density at radius 1 is 1.37 bits per heavy atom. The molecule has 1 spiro atoms. The van der Waals surface area contributed by atoms with Crippen LogP contribution in [-0.2, 0) is 4.79 Å². The highest BCUT2D eigenvalue weighted by molar-refractivity contribution is 5.84. The predicted octanol–water partition coefficient (Wildman–Crippen LogP) is 1.62. The van der Waals surface area contributed by atoms with E-state index in [-0.39, 0.29) is 23.3 Å². The lowest BCUT2D eigenvalue weighted by atomic mass is 9.77. The largest absolute Gasteiger partial charge is 0.335 e. The van der Waals surface area contributed by atoms with Gasteiger partial charge in [-0.2, -0.15) is 5.26 Å². The summed E-state index contributed by atoms with van der Waals surface area (Å²) in [6.45, 7) is 7.55. The molecule has 1 unspecified atom stereocenters. The van der Waals surface area contributed by atoms with Gasteiger partial charge in [0.25, 0.3) is 0 Å².